The third kappa shape index (κ3) is 2.92. The van der Waals surface area contributed by atoms with Gasteiger partial charge in [0, 0.05) is 0 Å². The molecule has 0 aliphatic heterocycles. The first-order valence-electron chi connectivity index (χ1n) is 6.10. The van der Waals surface area contributed by atoms with Gasteiger partial charge in [-0.1, -0.05) is 12.1 Å². The summed E-state index contributed by atoms with van der Waals surface area (Å²) in [6.07, 6.45) is 0.971. The lowest BCUT2D eigenvalue weighted by Gasteiger charge is -2.11. The Balaban J connectivity index is 1.89. The molecule has 1 aromatic rings. The van der Waals surface area contributed by atoms with E-state index in [1.165, 1.54) is 5.56 Å². The van der Waals surface area contributed by atoms with Crippen molar-refractivity contribution in [2.24, 2.45) is 11.7 Å². The Morgan fingerprint density at radius 2 is 2.17 bits per heavy atom. The molecule has 0 spiro atoms. The Bertz CT molecular complexity index is 419. The molecule has 3 N–H and O–H groups in total. The number of rotatable bonds is 5. The summed E-state index contributed by atoms with van der Waals surface area (Å²) in [6.45, 7) is 2.90. The minimum Gasteiger partial charge on any atom is -0.494 e. The molecule has 1 aromatic carbocycles. The average molecular weight is 250 g/mol. The van der Waals surface area contributed by atoms with Gasteiger partial charge in [0.1, 0.15) is 5.75 Å². The lowest BCUT2D eigenvalue weighted by Crippen LogP contribution is -2.34. The lowest BCUT2D eigenvalue weighted by molar-refractivity contribution is -0.0431. The normalized spacial score (nSPS) is 21.4. The number of hydroxylamine groups is 2. The number of primary amides is 1. The first-order chi connectivity index (χ1) is 8.61. The van der Waals surface area contributed by atoms with E-state index in [1.54, 1.807) is 0 Å². The summed E-state index contributed by atoms with van der Waals surface area (Å²) in [5, 5.41) is 9.84. The second kappa shape index (κ2) is 5.27. The Kier molecular flexibility index (Phi) is 3.72. The third-order valence-corrected chi connectivity index (χ3v) is 3.20. The zero-order valence-electron chi connectivity index (χ0n) is 10.4. The number of ether oxygens (including phenoxy) is 1. The molecule has 0 saturated heterocycles. The monoisotopic (exact) mass is 250 g/mol. The first-order valence-corrected chi connectivity index (χ1v) is 6.10. The number of hydrogen-bond acceptors (Lipinski definition) is 3. The Morgan fingerprint density at radius 1 is 1.50 bits per heavy atom. The van der Waals surface area contributed by atoms with Crippen molar-refractivity contribution in [3.05, 3.63) is 29.8 Å². The molecule has 18 heavy (non-hydrogen) atoms. The number of urea groups is 1. The summed E-state index contributed by atoms with van der Waals surface area (Å²) in [5.74, 6) is 1.55. The molecule has 5 heteroatoms. The van der Waals surface area contributed by atoms with Crippen LogP contribution in [0.25, 0.3) is 0 Å². The topological polar surface area (TPSA) is 75.8 Å². The summed E-state index contributed by atoms with van der Waals surface area (Å²) in [4.78, 5) is 10.7. The molecule has 2 amide bonds. The number of nitrogens with two attached hydrogens (primary N) is 1. The van der Waals surface area contributed by atoms with Crippen molar-refractivity contribution in [1.29, 1.82) is 0 Å². The highest BCUT2D eigenvalue weighted by Crippen LogP contribution is 2.47. The predicted molar refractivity (Wildman–Crippen MR) is 66.5 cm³/mol. The predicted octanol–water partition coefficient (Wildman–Crippen LogP) is 1.96. The van der Waals surface area contributed by atoms with Crippen LogP contribution in [0.5, 0.6) is 5.75 Å². The van der Waals surface area contributed by atoms with Crippen LogP contribution in [0.1, 0.15) is 24.8 Å². The standard InChI is InChI=1S/C13H18N2O3/c1-2-18-11-5-3-9(4-6-11)12-7-10(12)8-15(17)13(14)16/h3-6,10,12,17H,2,7-8H2,1H3,(H2,14,16). The molecular weight excluding hydrogens is 232 g/mol. The maximum atomic E-state index is 10.7. The van der Waals surface area contributed by atoms with Gasteiger partial charge in [-0.2, -0.15) is 0 Å². The van der Waals surface area contributed by atoms with Crippen molar-refractivity contribution in [3.8, 4) is 5.75 Å². The van der Waals surface area contributed by atoms with E-state index >= 15 is 0 Å². The number of amides is 2. The molecule has 1 aliphatic rings. The molecule has 0 aromatic heterocycles. The van der Waals surface area contributed by atoms with Gasteiger partial charge >= 0.3 is 6.03 Å². The van der Waals surface area contributed by atoms with E-state index in [-0.39, 0.29) is 0 Å². The second-order valence-electron chi connectivity index (χ2n) is 4.52. The van der Waals surface area contributed by atoms with Crippen LogP contribution in [-0.2, 0) is 0 Å². The van der Waals surface area contributed by atoms with Crippen LogP contribution < -0.4 is 10.5 Å². The minimum absolute atomic E-state index is 0.292. The summed E-state index contributed by atoms with van der Waals surface area (Å²) in [6, 6.07) is 7.15. The Morgan fingerprint density at radius 3 is 2.72 bits per heavy atom. The molecule has 1 aliphatic carbocycles. The molecule has 1 fully saturated rings. The van der Waals surface area contributed by atoms with E-state index in [0.717, 1.165) is 12.2 Å². The molecule has 98 valence electrons. The zero-order chi connectivity index (χ0) is 13.1. The lowest BCUT2D eigenvalue weighted by atomic mass is 10.1. The van der Waals surface area contributed by atoms with E-state index in [2.05, 4.69) is 0 Å². The van der Waals surface area contributed by atoms with E-state index in [4.69, 9.17) is 10.5 Å². The van der Waals surface area contributed by atoms with Gasteiger partial charge in [0.25, 0.3) is 0 Å². The SMILES string of the molecule is CCOc1ccc(C2CC2CN(O)C(N)=O)cc1. The van der Waals surface area contributed by atoms with Gasteiger partial charge in [0.05, 0.1) is 13.2 Å². The van der Waals surface area contributed by atoms with Crippen LogP contribution in [-0.4, -0.2) is 29.5 Å². The van der Waals surface area contributed by atoms with Crippen molar-refractivity contribution in [1.82, 2.24) is 5.06 Å². The van der Waals surface area contributed by atoms with Crippen LogP contribution >= 0.6 is 0 Å². The van der Waals surface area contributed by atoms with Crippen LogP contribution in [0, 0.1) is 5.92 Å². The van der Waals surface area contributed by atoms with Crippen molar-refractivity contribution in [2.75, 3.05) is 13.2 Å². The Hall–Kier alpha value is -1.75. The number of carbonyl (C=O) groups is 1. The smallest absolute Gasteiger partial charge is 0.338 e. The molecule has 2 unspecified atom stereocenters. The van der Waals surface area contributed by atoms with Crippen molar-refractivity contribution >= 4 is 6.03 Å². The number of benzene rings is 1. The van der Waals surface area contributed by atoms with Gasteiger partial charge in [0.15, 0.2) is 0 Å². The molecule has 0 bridgehead atoms. The summed E-state index contributed by atoms with van der Waals surface area (Å²) in [7, 11) is 0. The molecule has 0 heterocycles. The highest BCUT2D eigenvalue weighted by Gasteiger charge is 2.39. The van der Waals surface area contributed by atoms with Gasteiger partial charge in [-0.05, 0) is 42.9 Å². The van der Waals surface area contributed by atoms with Gasteiger partial charge in [-0.3, -0.25) is 5.21 Å². The van der Waals surface area contributed by atoms with Crippen LogP contribution in [0.4, 0.5) is 4.79 Å². The fourth-order valence-electron chi connectivity index (χ4n) is 2.15. The zero-order valence-corrected chi connectivity index (χ0v) is 10.4. The Labute approximate surface area is 106 Å². The van der Waals surface area contributed by atoms with Gasteiger partial charge < -0.3 is 10.5 Å². The van der Waals surface area contributed by atoms with E-state index in [0.29, 0.717) is 30.1 Å². The average Bonchev–Trinajstić information content (AvgIpc) is 3.09. The van der Waals surface area contributed by atoms with Gasteiger partial charge in [-0.15, -0.1) is 0 Å². The second-order valence-corrected chi connectivity index (χ2v) is 4.52. The molecule has 2 rings (SSSR count). The number of hydrogen-bond donors (Lipinski definition) is 2. The molecule has 0 radical (unpaired) electrons. The van der Waals surface area contributed by atoms with Gasteiger partial charge in [-0.25, -0.2) is 9.86 Å². The van der Waals surface area contributed by atoms with Crippen LogP contribution in [0.15, 0.2) is 24.3 Å². The molecule has 1 saturated carbocycles. The van der Waals surface area contributed by atoms with Crippen LogP contribution in [0.3, 0.4) is 0 Å². The number of carbonyl (C=O) groups excluding carboxylic acids is 1. The third-order valence-electron chi connectivity index (χ3n) is 3.20. The van der Waals surface area contributed by atoms with Crippen molar-refractivity contribution in [2.45, 2.75) is 19.3 Å². The highest BCUT2D eigenvalue weighted by atomic mass is 16.5. The van der Waals surface area contributed by atoms with E-state index < -0.39 is 6.03 Å². The highest BCUT2D eigenvalue weighted by molar-refractivity contribution is 5.70. The molecule has 2 atom stereocenters. The van der Waals surface area contributed by atoms with Crippen LogP contribution in [0.2, 0.25) is 0 Å². The molecule has 5 nitrogen and oxygen atoms in total. The van der Waals surface area contributed by atoms with Crippen molar-refractivity contribution in [3.63, 3.8) is 0 Å². The fraction of sp³-hybridized carbons (Fsp3) is 0.462. The minimum atomic E-state index is -0.799. The van der Waals surface area contributed by atoms with E-state index in [1.807, 2.05) is 31.2 Å². The maximum absolute atomic E-state index is 10.7. The van der Waals surface area contributed by atoms with Crippen molar-refractivity contribution < 1.29 is 14.7 Å². The van der Waals surface area contributed by atoms with E-state index in [9.17, 15) is 10.0 Å². The van der Waals surface area contributed by atoms with Gasteiger partial charge in [0.2, 0.25) is 0 Å². The summed E-state index contributed by atoms with van der Waals surface area (Å²) in [5.41, 5.74) is 6.18. The largest absolute Gasteiger partial charge is 0.494 e. The maximum Gasteiger partial charge on any atom is 0.338 e. The first kappa shape index (κ1) is 12.7. The fourth-order valence-corrected chi connectivity index (χ4v) is 2.15. The quantitative estimate of drug-likeness (QED) is 0.619. The summed E-state index contributed by atoms with van der Waals surface area (Å²) < 4.78 is 5.37. The number of nitrogens with zero attached hydrogens (tertiary/aromatic N) is 1. The molecular formula is C13H18N2O3. The summed E-state index contributed by atoms with van der Waals surface area (Å²) >= 11 is 0.